The highest BCUT2D eigenvalue weighted by molar-refractivity contribution is 6.43. The van der Waals surface area contributed by atoms with Gasteiger partial charge < -0.3 is 15.7 Å². The van der Waals surface area contributed by atoms with Gasteiger partial charge >= 0.3 is 6.18 Å². The van der Waals surface area contributed by atoms with Crippen molar-refractivity contribution in [1.82, 2.24) is 9.97 Å². The molecule has 0 saturated carbocycles. The number of rotatable bonds is 4. The Morgan fingerprint density at radius 2 is 1.87 bits per heavy atom. The molecule has 1 atom stereocenters. The topological polar surface area (TPSA) is 75.3 Å². The largest absolute Gasteiger partial charge is 0.404 e. The third-order valence-corrected chi connectivity index (χ3v) is 6.61. The molecule has 1 aromatic heterocycles. The molecule has 0 spiro atoms. The minimum atomic E-state index is -4.44. The van der Waals surface area contributed by atoms with Gasteiger partial charge in [-0.15, -0.1) is 0 Å². The first-order chi connectivity index (χ1) is 14.0. The second kappa shape index (κ2) is 8.49. The van der Waals surface area contributed by atoms with Crippen molar-refractivity contribution in [3.8, 4) is 11.3 Å². The number of hydrogen-bond donors (Lipinski definition) is 2. The van der Waals surface area contributed by atoms with Gasteiger partial charge in [-0.05, 0) is 31.2 Å². The number of aryl methyl sites for hydroxylation is 1. The Labute approximate surface area is 183 Å². The Kier molecular flexibility index (Phi) is 6.53. The van der Waals surface area contributed by atoms with Crippen molar-refractivity contribution in [1.29, 1.82) is 0 Å². The number of aliphatic hydroxyl groups excluding tert-OH is 1. The molecule has 164 valence electrons. The molecule has 1 aliphatic rings. The highest BCUT2D eigenvalue weighted by Crippen LogP contribution is 2.42. The number of nitrogens with two attached hydrogens (primary N) is 1. The van der Waals surface area contributed by atoms with E-state index in [0.717, 1.165) is 0 Å². The first kappa shape index (κ1) is 23.1. The summed E-state index contributed by atoms with van der Waals surface area (Å²) in [4.78, 5) is 11.0. The maximum absolute atomic E-state index is 13.1. The van der Waals surface area contributed by atoms with Gasteiger partial charge in [-0.1, -0.05) is 42.3 Å². The number of halogens is 5. The SMILES string of the molecule is Cc1nc(N2CCC(C)([C@@H](N)C(F)(F)F)CC2)c(CO)nc1-c1cccc(Cl)c1Cl. The number of hydrogen-bond acceptors (Lipinski definition) is 5. The predicted molar refractivity (Wildman–Crippen MR) is 112 cm³/mol. The molecule has 3 rings (SSSR count). The smallest absolute Gasteiger partial charge is 0.390 e. The third-order valence-electron chi connectivity index (χ3n) is 5.79. The van der Waals surface area contributed by atoms with E-state index in [1.165, 1.54) is 0 Å². The summed E-state index contributed by atoms with van der Waals surface area (Å²) in [5.41, 5.74) is 6.45. The summed E-state index contributed by atoms with van der Waals surface area (Å²) in [6, 6.07) is 3.28. The van der Waals surface area contributed by atoms with E-state index in [1.54, 1.807) is 32.0 Å². The third kappa shape index (κ3) is 4.37. The van der Waals surface area contributed by atoms with Gasteiger partial charge in [0.15, 0.2) is 5.82 Å². The highest BCUT2D eigenvalue weighted by atomic mass is 35.5. The zero-order valence-corrected chi connectivity index (χ0v) is 18.1. The fourth-order valence-corrected chi connectivity index (χ4v) is 4.17. The summed E-state index contributed by atoms with van der Waals surface area (Å²) >= 11 is 12.4. The monoisotopic (exact) mass is 462 g/mol. The Balaban J connectivity index is 1.90. The van der Waals surface area contributed by atoms with Crippen molar-refractivity contribution in [2.24, 2.45) is 11.1 Å². The fraction of sp³-hybridized carbons (Fsp3) is 0.500. The van der Waals surface area contributed by atoms with Crippen LogP contribution in [-0.2, 0) is 6.61 Å². The molecule has 1 fully saturated rings. The van der Waals surface area contributed by atoms with Crippen LogP contribution in [0.2, 0.25) is 10.0 Å². The molecule has 1 aromatic carbocycles. The van der Waals surface area contributed by atoms with Crippen LogP contribution in [0.3, 0.4) is 0 Å². The van der Waals surface area contributed by atoms with Crippen LogP contribution < -0.4 is 10.6 Å². The van der Waals surface area contributed by atoms with Gasteiger partial charge in [0.2, 0.25) is 0 Å². The summed E-state index contributed by atoms with van der Waals surface area (Å²) < 4.78 is 39.4. The average molecular weight is 463 g/mol. The number of aromatic nitrogens is 2. The number of alkyl halides is 3. The second-order valence-corrected chi connectivity index (χ2v) is 8.63. The molecule has 2 aromatic rings. The molecule has 0 bridgehead atoms. The first-order valence-electron chi connectivity index (χ1n) is 9.48. The van der Waals surface area contributed by atoms with Crippen LogP contribution in [0.4, 0.5) is 19.0 Å². The van der Waals surface area contributed by atoms with Crippen LogP contribution >= 0.6 is 23.2 Å². The normalized spacial score (nSPS) is 17.8. The van der Waals surface area contributed by atoms with Crippen LogP contribution in [0.5, 0.6) is 0 Å². The van der Waals surface area contributed by atoms with Crippen molar-refractivity contribution in [3.05, 3.63) is 39.6 Å². The molecule has 2 heterocycles. The average Bonchev–Trinajstić information content (AvgIpc) is 2.69. The fourth-order valence-electron chi connectivity index (χ4n) is 3.78. The van der Waals surface area contributed by atoms with Gasteiger partial charge in [-0.25, -0.2) is 9.97 Å². The number of anilines is 1. The number of nitrogens with zero attached hydrogens (tertiary/aromatic N) is 3. The summed E-state index contributed by atoms with van der Waals surface area (Å²) in [6.07, 6.45) is -3.94. The Hall–Kier alpha value is -1.61. The van der Waals surface area contributed by atoms with Gasteiger partial charge in [0.1, 0.15) is 11.7 Å². The van der Waals surface area contributed by atoms with E-state index in [9.17, 15) is 18.3 Å². The molecule has 1 aliphatic heterocycles. The first-order valence-corrected chi connectivity index (χ1v) is 10.2. The summed E-state index contributed by atoms with van der Waals surface area (Å²) in [5.74, 6) is 0.458. The van der Waals surface area contributed by atoms with Crippen molar-refractivity contribution >= 4 is 29.0 Å². The van der Waals surface area contributed by atoms with Crippen LogP contribution in [0.1, 0.15) is 31.2 Å². The molecule has 0 amide bonds. The lowest BCUT2D eigenvalue weighted by Gasteiger charge is -2.44. The zero-order chi connectivity index (χ0) is 22.3. The molecule has 1 saturated heterocycles. The molecule has 0 aliphatic carbocycles. The van der Waals surface area contributed by atoms with Crippen LogP contribution in [0.25, 0.3) is 11.3 Å². The van der Waals surface area contributed by atoms with Crippen molar-refractivity contribution in [2.75, 3.05) is 18.0 Å². The van der Waals surface area contributed by atoms with Gasteiger partial charge in [-0.3, -0.25) is 0 Å². The lowest BCUT2D eigenvalue weighted by Crippen LogP contribution is -2.54. The summed E-state index contributed by atoms with van der Waals surface area (Å²) in [6.45, 7) is 3.62. The van der Waals surface area contributed by atoms with E-state index in [1.807, 2.05) is 4.90 Å². The minimum absolute atomic E-state index is 0.251. The minimum Gasteiger partial charge on any atom is -0.390 e. The van der Waals surface area contributed by atoms with E-state index < -0.39 is 17.6 Å². The quantitative estimate of drug-likeness (QED) is 0.685. The van der Waals surface area contributed by atoms with E-state index in [-0.39, 0.29) is 19.4 Å². The van der Waals surface area contributed by atoms with Crippen LogP contribution in [0.15, 0.2) is 18.2 Å². The Morgan fingerprint density at radius 1 is 1.23 bits per heavy atom. The van der Waals surface area contributed by atoms with E-state index in [0.29, 0.717) is 51.6 Å². The van der Waals surface area contributed by atoms with Crippen LogP contribution in [0, 0.1) is 12.3 Å². The lowest BCUT2D eigenvalue weighted by molar-refractivity contribution is -0.175. The van der Waals surface area contributed by atoms with Crippen LogP contribution in [-0.4, -0.2) is 40.4 Å². The molecule has 5 nitrogen and oxygen atoms in total. The number of aliphatic hydroxyl groups is 1. The van der Waals surface area contributed by atoms with E-state index in [2.05, 4.69) is 9.97 Å². The molecule has 0 radical (unpaired) electrons. The molecule has 30 heavy (non-hydrogen) atoms. The molecule has 3 N–H and O–H groups in total. The van der Waals surface area contributed by atoms with Gasteiger partial charge in [-0.2, -0.15) is 13.2 Å². The maximum atomic E-state index is 13.1. The summed E-state index contributed by atoms with van der Waals surface area (Å²) in [5, 5.41) is 10.6. The maximum Gasteiger partial charge on any atom is 0.404 e. The van der Waals surface area contributed by atoms with Crippen molar-refractivity contribution in [2.45, 2.75) is 45.5 Å². The molecule has 0 unspecified atom stereocenters. The standard InChI is InChI=1S/C20H23Cl2F3N4O/c1-11-16(12-4-3-5-13(21)15(12)22)28-14(10-30)17(27-11)29-8-6-19(2,7-9-29)18(26)20(23,24)25/h3-5,18,30H,6-10,26H2,1-2H3/t18-/m1/s1. The predicted octanol–water partition coefficient (Wildman–Crippen LogP) is 4.75. The lowest BCUT2D eigenvalue weighted by atomic mass is 9.74. The molecular formula is C20H23Cl2F3N4O. The summed E-state index contributed by atoms with van der Waals surface area (Å²) in [7, 11) is 0. The van der Waals surface area contributed by atoms with Gasteiger partial charge in [0, 0.05) is 18.7 Å². The van der Waals surface area contributed by atoms with Crippen molar-refractivity contribution < 1.29 is 18.3 Å². The van der Waals surface area contributed by atoms with Crippen molar-refractivity contribution in [3.63, 3.8) is 0 Å². The molecule has 10 heteroatoms. The number of piperidine rings is 1. The zero-order valence-electron chi connectivity index (χ0n) is 16.6. The van der Waals surface area contributed by atoms with E-state index >= 15 is 0 Å². The second-order valence-electron chi connectivity index (χ2n) is 7.85. The van der Waals surface area contributed by atoms with E-state index in [4.69, 9.17) is 28.9 Å². The highest BCUT2D eigenvalue weighted by Gasteiger charge is 2.49. The van der Waals surface area contributed by atoms with Gasteiger partial charge in [0.25, 0.3) is 0 Å². The number of benzene rings is 1. The Morgan fingerprint density at radius 3 is 2.43 bits per heavy atom. The Bertz CT molecular complexity index is 931. The molecular weight excluding hydrogens is 440 g/mol. The van der Waals surface area contributed by atoms with Gasteiger partial charge in [0.05, 0.1) is 28.0 Å².